The molecule has 0 atom stereocenters. The molecule has 2 heterocycles. The lowest BCUT2D eigenvalue weighted by Gasteiger charge is -2.21. The topological polar surface area (TPSA) is 50.7 Å². The lowest BCUT2D eigenvalue weighted by Crippen LogP contribution is -2.20. The Bertz CT molecular complexity index is 350. The van der Waals surface area contributed by atoms with Crippen LogP contribution in [-0.4, -0.2) is 33.2 Å². The number of hydrogen-bond donors (Lipinski definition) is 1. The number of thioether (sulfide) groups is 1. The largest absolute Gasteiger partial charge is 0.353 e. The zero-order valence-electron chi connectivity index (χ0n) is 9.86. The number of aryl methyl sites for hydroxylation is 2. The molecule has 88 valence electrons. The minimum Gasteiger partial charge on any atom is -0.353 e. The molecule has 1 N–H and O–H groups in total. The first-order chi connectivity index (χ1) is 7.75. The molecular formula is C11H18N4S. The van der Waals surface area contributed by atoms with Crippen LogP contribution in [0.25, 0.3) is 0 Å². The van der Waals surface area contributed by atoms with Gasteiger partial charge in [-0.25, -0.2) is 4.98 Å². The summed E-state index contributed by atoms with van der Waals surface area (Å²) in [5.41, 5.74) is 1.86. The van der Waals surface area contributed by atoms with Gasteiger partial charge in [-0.1, -0.05) is 0 Å². The van der Waals surface area contributed by atoms with Crippen LogP contribution in [0.1, 0.15) is 24.2 Å². The third-order valence-electron chi connectivity index (χ3n) is 2.98. The van der Waals surface area contributed by atoms with Gasteiger partial charge in [-0.15, -0.1) is 5.10 Å². The minimum atomic E-state index is 0.668. The molecule has 0 aromatic carbocycles. The Kier molecular flexibility index (Phi) is 3.98. The molecule has 5 heteroatoms. The summed E-state index contributed by atoms with van der Waals surface area (Å²) in [6.45, 7) is 4.87. The van der Waals surface area contributed by atoms with Gasteiger partial charge in [0.25, 0.3) is 0 Å². The lowest BCUT2D eigenvalue weighted by molar-refractivity contribution is 0.514. The highest BCUT2D eigenvalue weighted by Gasteiger charge is 2.13. The van der Waals surface area contributed by atoms with Gasteiger partial charge in [-0.05, 0) is 44.1 Å². The highest BCUT2D eigenvalue weighted by molar-refractivity contribution is 7.99. The van der Waals surface area contributed by atoms with E-state index in [1.165, 1.54) is 24.3 Å². The molecule has 1 saturated heterocycles. The molecule has 1 aromatic heterocycles. The molecule has 16 heavy (non-hydrogen) atoms. The van der Waals surface area contributed by atoms with Crippen molar-refractivity contribution in [1.82, 2.24) is 15.2 Å². The second-order valence-corrected chi connectivity index (χ2v) is 5.47. The van der Waals surface area contributed by atoms with Gasteiger partial charge in [0.15, 0.2) is 0 Å². The zero-order valence-corrected chi connectivity index (χ0v) is 10.7. The number of nitrogens with one attached hydrogen (secondary N) is 1. The zero-order chi connectivity index (χ0) is 11.4. The van der Waals surface area contributed by atoms with Gasteiger partial charge in [0.2, 0.25) is 5.95 Å². The van der Waals surface area contributed by atoms with Crippen LogP contribution >= 0.6 is 11.8 Å². The van der Waals surface area contributed by atoms with Crippen LogP contribution in [0.5, 0.6) is 0 Å². The van der Waals surface area contributed by atoms with E-state index in [1.54, 1.807) is 0 Å². The fourth-order valence-electron chi connectivity index (χ4n) is 1.72. The van der Waals surface area contributed by atoms with Crippen molar-refractivity contribution >= 4 is 17.7 Å². The van der Waals surface area contributed by atoms with E-state index >= 15 is 0 Å². The standard InChI is InChI=1S/C11H18N4S/c1-8-9(2)14-15-11(13-8)12-7-10-3-5-16-6-4-10/h10H,3-7H2,1-2H3,(H,12,13,15). The van der Waals surface area contributed by atoms with Crippen LogP contribution in [0.4, 0.5) is 5.95 Å². The van der Waals surface area contributed by atoms with Crippen molar-refractivity contribution in [3.05, 3.63) is 11.4 Å². The molecular weight excluding hydrogens is 220 g/mol. The Hall–Kier alpha value is -0.840. The Morgan fingerprint density at radius 2 is 1.94 bits per heavy atom. The van der Waals surface area contributed by atoms with E-state index < -0.39 is 0 Å². The van der Waals surface area contributed by atoms with Gasteiger partial charge in [-0.2, -0.15) is 16.9 Å². The first kappa shape index (κ1) is 11.6. The summed E-state index contributed by atoms with van der Waals surface area (Å²) in [7, 11) is 0. The summed E-state index contributed by atoms with van der Waals surface area (Å²) < 4.78 is 0. The Labute approximate surface area is 101 Å². The summed E-state index contributed by atoms with van der Waals surface area (Å²) in [6, 6.07) is 0. The number of aromatic nitrogens is 3. The molecule has 0 bridgehead atoms. The van der Waals surface area contributed by atoms with Gasteiger partial charge >= 0.3 is 0 Å². The first-order valence-electron chi connectivity index (χ1n) is 5.75. The van der Waals surface area contributed by atoms with Gasteiger partial charge in [0.05, 0.1) is 11.4 Å². The van der Waals surface area contributed by atoms with E-state index in [9.17, 15) is 0 Å². The van der Waals surface area contributed by atoms with Crippen molar-refractivity contribution in [1.29, 1.82) is 0 Å². The summed E-state index contributed by atoms with van der Waals surface area (Å²) in [4.78, 5) is 4.37. The van der Waals surface area contributed by atoms with Crippen LogP contribution in [0.15, 0.2) is 0 Å². The summed E-state index contributed by atoms with van der Waals surface area (Å²) in [5, 5.41) is 11.4. The lowest BCUT2D eigenvalue weighted by atomic mass is 10.0. The summed E-state index contributed by atoms with van der Waals surface area (Å²) in [6.07, 6.45) is 2.60. The van der Waals surface area contributed by atoms with Crippen LogP contribution in [0.3, 0.4) is 0 Å². The Morgan fingerprint density at radius 1 is 1.19 bits per heavy atom. The second-order valence-electron chi connectivity index (χ2n) is 4.24. The highest BCUT2D eigenvalue weighted by atomic mass is 32.2. The summed E-state index contributed by atoms with van der Waals surface area (Å²) >= 11 is 2.05. The molecule has 4 nitrogen and oxygen atoms in total. The molecule has 1 aromatic rings. The molecule has 0 radical (unpaired) electrons. The fourth-order valence-corrected chi connectivity index (χ4v) is 2.92. The third kappa shape index (κ3) is 3.07. The normalized spacial score (nSPS) is 17.4. The summed E-state index contributed by atoms with van der Waals surface area (Å²) in [5.74, 6) is 4.02. The van der Waals surface area contributed by atoms with Crippen LogP contribution in [-0.2, 0) is 0 Å². The van der Waals surface area contributed by atoms with Crippen molar-refractivity contribution in [2.75, 3.05) is 23.4 Å². The van der Waals surface area contributed by atoms with Gasteiger partial charge < -0.3 is 5.32 Å². The number of rotatable bonds is 3. The first-order valence-corrected chi connectivity index (χ1v) is 6.90. The van der Waals surface area contributed by atoms with E-state index in [-0.39, 0.29) is 0 Å². The van der Waals surface area contributed by atoms with E-state index in [1.807, 2.05) is 13.8 Å². The van der Waals surface area contributed by atoms with E-state index in [0.29, 0.717) is 5.95 Å². The van der Waals surface area contributed by atoms with Gasteiger partial charge in [-0.3, -0.25) is 0 Å². The van der Waals surface area contributed by atoms with Crippen LogP contribution in [0, 0.1) is 19.8 Å². The monoisotopic (exact) mass is 238 g/mol. The molecule has 0 unspecified atom stereocenters. The Balaban J connectivity index is 1.86. The van der Waals surface area contributed by atoms with Crippen LogP contribution < -0.4 is 5.32 Å². The van der Waals surface area contributed by atoms with Crippen molar-refractivity contribution in [3.8, 4) is 0 Å². The fraction of sp³-hybridized carbons (Fsp3) is 0.727. The predicted molar refractivity (Wildman–Crippen MR) is 67.8 cm³/mol. The molecule has 0 aliphatic carbocycles. The molecule has 0 amide bonds. The molecule has 2 rings (SSSR count). The maximum atomic E-state index is 4.37. The van der Waals surface area contributed by atoms with Crippen molar-refractivity contribution in [2.45, 2.75) is 26.7 Å². The maximum Gasteiger partial charge on any atom is 0.242 e. The van der Waals surface area contributed by atoms with Crippen molar-refractivity contribution < 1.29 is 0 Å². The number of anilines is 1. The Morgan fingerprint density at radius 3 is 2.62 bits per heavy atom. The maximum absolute atomic E-state index is 4.37. The van der Waals surface area contributed by atoms with E-state index in [0.717, 1.165) is 23.9 Å². The van der Waals surface area contributed by atoms with Crippen molar-refractivity contribution in [3.63, 3.8) is 0 Å². The molecule has 1 aliphatic rings. The molecule has 0 saturated carbocycles. The van der Waals surface area contributed by atoms with Gasteiger partial charge in [0.1, 0.15) is 0 Å². The average Bonchev–Trinajstić information content (AvgIpc) is 2.32. The van der Waals surface area contributed by atoms with Gasteiger partial charge in [0, 0.05) is 6.54 Å². The van der Waals surface area contributed by atoms with Crippen molar-refractivity contribution in [2.24, 2.45) is 5.92 Å². The third-order valence-corrected chi connectivity index (χ3v) is 4.03. The smallest absolute Gasteiger partial charge is 0.242 e. The molecule has 1 aliphatic heterocycles. The minimum absolute atomic E-state index is 0.668. The van der Waals surface area contributed by atoms with E-state index in [4.69, 9.17) is 0 Å². The predicted octanol–water partition coefficient (Wildman–Crippen LogP) is 2.04. The average molecular weight is 238 g/mol. The highest BCUT2D eigenvalue weighted by Crippen LogP contribution is 2.22. The number of nitrogens with zero attached hydrogens (tertiary/aromatic N) is 3. The molecule has 0 spiro atoms. The quantitative estimate of drug-likeness (QED) is 0.873. The van der Waals surface area contributed by atoms with E-state index in [2.05, 4.69) is 32.3 Å². The second kappa shape index (κ2) is 5.48. The SMILES string of the molecule is Cc1nnc(NCC2CCSCC2)nc1C. The number of hydrogen-bond acceptors (Lipinski definition) is 5. The molecule has 1 fully saturated rings. The van der Waals surface area contributed by atoms with Crippen LogP contribution in [0.2, 0.25) is 0 Å².